The molecule has 4 saturated carbocycles. The molecule has 0 aromatic rings. The average molecular weight is 349 g/mol. The molecule has 25 heavy (non-hydrogen) atoms. The van der Waals surface area contributed by atoms with Crippen LogP contribution in [0.15, 0.2) is 0 Å². The predicted molar refractivity (Wildman–Crippen MR) is 97.9 cm³/mol. The lowest BCUT2D eigenvalue weighted by Gasteiger charge is -2.61. The van der Waals surface area contributed by atoms with Crippen LogP contribution in [0.5, 0.6) is 0 Å². The lowest BCUT2D eigenvalue weighted by atomic mass is 9.44. The smallest absolute Gasteiger partial charge is 0.133 e. The topological polar surface area (TPSA) is 57.5 Å². The molecular formula is C22H36O3. The average Bonchev–Trinajstić information content (AvgIpc) is 2.93. The molecule has 4 fully saturated rings. The first-order chi connectivity index (χ1) is 11.8. The fraction of sp³-hybridized carbons (Fsp3) is 0.955. The third-order valence-corrected chi connectivity index (χ3v) is 9.55. The number of fused-ring (bicyclic) bond motifs is 5. The predicted octanol–water partition coefficient (Wildman–Crippen LogP) is 3.81. The molecule has 1 unspecified atom stereocenters. The minimum absolute atomic E-state index is 0.234. The van der Waals surface area contributed by atoms with Crippen molar-refractivity contribution in [3.8, 4) is 0 Å². The summed E-state index contributed by atoms with van der Waals surface area (Å²) in [5.74, 6) is 3.33. The first-order valence-corrected chi connectivity index (χ1v) is 10.6. The lowest BCUT2D eigenvalue weighted by Crippen LogP contribution is -2.58. The molecule has 4 aliphatic rings. The number of aliphatic hydroxyl groups excluding tert-OH is 2. The van der Waals surface area contributed by atoms with Crippen LogP contribution in [0, 0.1) is 46.3 Å². The highest BCUT2D eigenvalue weighted by Gasteiger charge is 2.62. The van der Waals surface area contributed by atoms with Gasteiger partial charge in [-0.05, 0) is 84.9 Å². The first-order valence-electron chi connectivity index (χ1n) is 10.6. The molecule has 0 heterocycles. The van der Waals surface area contributed by atoms with Crippen molar-refractivity contribution in [2.75, 3.05) is 6.61 Å². The molecule has 0 radical (unpaired) electrons. The quantitative estimate of drug-likeness (QED) is 0.798. The van der Waals surface area contributed by atoms with E-state index in [1.54, 1.807) is 0 Å². The molecule has 2 N–H and O–H groups in total. The summed E-state index contributed by atoms with van der Waals surface area (Å²) in [6.45, 7) is 7.36. The van der Waals surface area contributed by atoms with Gasteiger partial charge in [0.05, 0.1) is 6.10 Å². The van der Waals surface area contributed by atoms with Crippen molar-refractivity contribution in [2.24, 2.45) is 46.3 Å². The SMILES string of the molecule is C[C@H](CO)[C@H]1CC[C@H]2[C@@H]3[C@H](O)CC4CC(=O)CC[C@]4(C)[C@H]3CC[C@]12C. The van der Waals surface area contributed by atoms with Crippen molar-refractivity contribution in [1.82, 2.24) is 0 Å². The third kappa shape index (κ3) is 2.48. The van der Waals surface area contributed by atoms with Crippen LogP contribution in [0.3, 0.4) is 0 Å². The Bertz CT molecular complexity index is 545. The van der Waals surface area contributed by atoms with Gasteiger partial charge in [-0.1, -0.05) is 20.8 Å². The van der Waals surface area contributed by atoms with Crippen LogP contribution in [0.2, 0.25) is 0 Å². The Morgan fingerprint density at radius 1 is 1.12 bits per heavy atom. The molecule has 9 atom stereocenters. The van der Waals surface area contributed by atoms with E-state index in [0.29, 0.717) is 47.7 Å². The number of ketones is 1. The van der Waals surface area contributed by atoms with Crippen LogP contribution < -0.4 is 0 Å². The zero-order chi connectivity index (χ0) is 18.0. The van der Waals surface area contributed by atoms with E-state index in [-0.39, 0.29) is 23.5 Å². The van der Waals surface area contributed by atoms with Gasteiger partial charge in [0.25, 0.3) is 0 Å². The normalized spacial score (nSPS) is 53.7. The van der Waals surface area contributed by atoms with Crippen molar-refractivity contribution in [2.45, 2.75) is 78.2 Å². The second kappa shape index (κ2) is 6.05. The summed E-state index contributed by atoms with van der Waals surface area (Å²) in [4.78, 5) is 12.0. The van der Waals surface area contributed by atoms with Gasteiger partial charge in [-0.25, -0.2) is 0 Å². The van der Waals surface area contributed by atoms with Crippen molar-refractivity contribution in [3.05, 3.63) is 0 Å². The van der Waals surface area contributed by atoms with E-state index in [1.807, 2.05) is 0 Å². The fourth-order valence-corrected chi connectivity index (χ4v) is 8.12. The van der Waals surface area contributed by atoms with E-state index in [1.165, 1.54) is 25.7 Å². The number of Topliss-reactive ketones (excluding diaryl/α,β-unsaturated/α-hetero) is 1. The Kier molecular flexibility index (Phi) is 4.35. The highest BCUT2D eigenvalue weighted by Crippen LogP contribution is 2.67. The van der Waals surface area contributed by atoms with E-state index in [9.17, 15) is 15.0 Å². The van der Waals surface area contributed by atoms with E-state index in [2.05, 4.69) is 20.8 Å². The van der Waals surface area contributed by atoms with E-state index in [4.69, 9.17) is 0 Å². The Labute approximate surface area is 152 Å². The van der Waals surface area contributed by atoms with E-state index < -0.39 is 0 Å². The number of hydrogen-bond donors (Lipinski definition) is 2. The monoisotopic (exact) mass is 348 g/mol. The Morgan fingerprint density at radius 2 is 1.84 bits per heavy atom. The van der Waals surface area contributed by atoms with Crippen LogP contribution in [-0.2, 0) is 4.79 Å². The minimum Gasteiger partial charge on any atom is -0.396 e. The summed E-state index contributed by atoms with van der Waals surface area (Å²) in [6.07, 6.45) is 7.92. The molecule has 0 aromatic heterocycles. The van der Waals surface area contributed by atoms with Gasteiger partial charge >= 0.3 is 0 Å². The maximum absolute atomic E-state index is 12.0. The van der Waals surface area contributed by atoms with Gasteiger partial charge in [0.1, 0.15) is 5.78 Å². The van der Waals surface area contributed by atoms with Crippen LogP contribution in [0.25, 0.3) is 0 Å². The van der Waals surface area contributed by atoms with Crippen LogP contribution in [-0.4, -0.2) is 28.7 Å². The van der Waals surface area contributed by atoms with Crippen molar-refractivity contribution >= 4 is 5.78 Å². The molecule has 3 heteroatoms. The molecule has 0 aromatic carbocycles. The molecule has 4 aliphatic carbocycles. The zero-order valence-electron chi connectivity index (χ0n) is 16.2. The van der Waals surface area contributed by atoms with E-state index >= 15 is 0 Å². The molecule has 0 aliphatic heterocycles. The molecule has 0 bridgehead atoms. The van der Waals surface area contributed by atoms with Crippen LogP contribution in [0.4, 0.5) is 0 Å². The highest BCUT2D eigenvalue weighted by atomic mass is 16.3. The lowest BCUT2D eigenvalue weighted by molar-refractivity contribution is -0.169. The highest BCUT2D eigenvalue weighted by molar-refractivity contribution is 5.79. The van der Waals surface area contributed by atoms with Gasteiger partial charge in [-0.2, -0.15) is 0 Å². The van der Waals surface area contributed by atoms with Gasteiger partial charge in [0, 0.05) is 19.4 Å². The summed E-state index contributed by atoms with van der Waals surface area (Å²) in [5, 5.41) is 20.9. The maximum atomic E-state index is 12.0. The minimum atomic E-state index is -0.234. The number of carbonyl (C=O) groups is 1. The standard InChI is InChI=1S/C22H36O3/c1-13(12-23)16-4-5-17-20-18(7-9-22(16,17)3)21(2)8-6-15(24)10-14(21)11-19(20)25/h13-14,16-20,23,25H,4-12H2,1-3H3/t13-,14?,16-,17+,18+,19-,20+,21+,22-/m1/s1. The van der Waals surface area contributed by atoms with E-state index in [0.717, 1.165) is 19.3 Å². The fourth-order valence-electron chi connectivity index (χ4n) is 8.12. The molecule has 0 saturated heterocycles. The second-order valence-corrected chi connectivity index (χ2v) is 10.4. The van der Waals surface area contributed by atoms with Crippen LogP contribution >= 0.6 is 0 Å². The zero-order valence-corrected chi connectivity index (χ0v) is 16.2. The Balaban J connectivity index is 1.64. The van der Waals surface area contributed by atoms with Gasteiger partial charge in [-0.15, -0.1) is 0 Å². The summed E-state index contributed by atoms with van der Waals surface area (Å²) < 4.78 is 0. The molecule has 0 amide bonds. The first kappa shape index (κ1) is 18.0. The van der Waals surface area contributed by atoms with Crippen molar-refractivity contribution < 1.29 is 15.0 Å². The molecule has 0 spiro atoms. The maximum Gasteiger partial charge on any atom is 0.133 e. The second-order valence-electron chi connectivity index (χ2n) is 10.4. The number of aliphatic hydroxyl groups is 2. The van der Waals surface area contributed by atoms with Gasteiger partial charge < -0.3 is 10.2 Å². The largest absolute Gasteiger partial charge is 0.396 e. The summed E-state index contributed by atoms with van der Waals surface area (Å²) in [5.41, 5.74) is 0.526. The molecule has 142 valence electrons. The Morgan fingerprint density at radius 3 is 2.56 bits per heavy atom. The third-order valence-electron chi connectivity index (χ3n) is 9.55. The Hall–Kier alpha value is -0.410. The summed E-state index contributed by atoms with van der Waals surface area (Å²) in [7, 11) is 0. The van der Waals surface area contributed by atoms with Gasteiger partial charge in [0.2, 0.25) is 0 Å². The van der Waals surface area contributed by atoms with Crippen LogP contribution in [0.1, 0.15) is 72.1 Å². The number of hydrogen-bond acceptors (Lipinski definition) is 3. The summed E-state index contributed by atoms with van der Waals surface area (Å²) >= 11 is 0. The van der Waals surface area contributed by atoms with Gasteiger partial charge in [0.15, 0.2) is 0 Å². The summed E-state index contributed by atoms with van der Waals surface area (Å²) in [6, 6.07) is 0. The van der Waals surface area contributed by atoms with Crippen molar-refractivity contribution in [3.63, 3.8) is 0 Å². The molecular weight excluding hydrogens is 312 g/mol. The molecule has 3 nitrogen and oxygen atoms in total. The number of rotatable bonds is 2. The van der Waals surface area contributed by atoms with Gasteiger partial charge in [-0.3, -0.25) is 4.79 Å². The molecule has 4 rings (SSSR count). The number of carbonyl (C=O) groups excluding carboxylic acids is 1. The van der Waals surface area contributed by atoms with Crippen molar-refractivity contribution in [1.29, 1.82) is 0 Å².